The minimum Gasteiger partial charge on any atom is -0.310 e. The Morgan fingerprint density at radius 3 is 1.56 bits per heavy atom. The summed E-state index contributed by atoms with van der Waals surface area (Å²) >= 11 is 0. The molecule has 7 aromatic carbocycles. The number of aromatic nitrogens is 6. The molecule has 0 radical (unpaired) electrons. The maximum absolute atomic E-state index is 5.21. The largest absolute Gasteiger partial charge is 0.310 e. The quantitative estimate of drug-likeness (QED) is 0.160. The Labute approximate surface area is 371 Å². The van der Waals surface area contributed by atoms with Crippen molar-refractivity contribution in [2.45, 2.75) is 25.2 Å². The molecular formula is C58H42N6. The van der Waals surface area contributed by atoms with Gasteiger partial charge >= 0.3 is 0 Å². The van der Waals surface area contributed by atoms with Crippen LogP contribution in [0.25, 0.3) is 96.8 Å². The van der Waals surface area contributed by atoms with Crippen molar-refractivity contribution >= 4 is 23.1 Å². The SMILES string of the molecule is CC1(C)c2ccccc2C2C=c3c(n(-c4cccc(-c5cc(-c6ccccc6)nc(-c6ccccc6)n5)c4)c4ccc(-c5nc(-c6ccccc6)nc(-c6ccccc6)n5)cc34)=CC21. The average Bonchev–Trinajstić information content (AvgIpc) is 3.81. The van der Waals surface area contributed by atoms with Crippen molar-refractivity contribution in [1.29, 1.82) is 0 Å². The first-order valence-electron chi connectivity index (χ1n) is 21.9. The molecule has 6 nitrogen and oxygen atoms in total. The summed E-state index contributed by atoms with van der Waals surface area (Å²) in [5.41, 5.74) is 12.5. The fourth-order valence-electron chi connectivity index (χ4n) is 9.95. The molecule has 64 heavy (non-hydrogen) atoms. The highest BCUT2D eigenvalue weighted by Gasteiger charge is 2.45. The second kappa shape index (κ2) is 15.1. The molecule has 12 rings (SSSR count). The first kappa shape index (κ1) is 37.7. The van der Waals surface area contributed by atoms with Crippen molar-refractivity contribution < 1.29 is 0 Å². The molecule has 304 valence electrons. The van der Waals surface area contributed by atoms with Crippen LogP contribution in [-0.2, 0) is 5.41 Å². The minimum absolute atomic E-state index is 0.0566. The van der Waals surface area contributed by atoms with Crippen molar-refractivity contribution in [2.75, 3.05) is 0 Å². The average molecular weight is 823 g/mol. The van der Waals surface area contributed by atoms with Crippen molar-refractivity contribution in [3.8, 4) is 73.8 Å². The van der Waals surface area contributed by atoms with Crippen LogP contribution in [-0.4, -0.2) is 29.5 Å². The van der Waals surface area contributed by atoms with Crippen LogP contribution in [0.2, 0.25) is 0 Å². The van der Waals surface area contributed by atoms with Crippen LogP contribution < -0.4 is 10.6 Å². The molecular weight excluding hydrogens is 781 g/mol. The molecule has 6 heteroatoms. The minimum atomic E-state index is -0.0566. The topological polar surface area (TPSA) is 69.4 Å². The number of hydrogen-bond donors (Lipinski definition) is 0. The molecule has 0 N–H and O–H groups in total. The van der Waals surface area contributed by atoms with Gasteiger partial charge in [0, 0.05) is 55.6 Å². The molecule has 2 aliphatic rings. The van der Waals surface area contributed by atoms with E-state index in [-0.39, 0.29) is 17.3 Å². The van der Waals surface area contributed by atoms with Crippen molar-refractivity contribution in [3.05, 3.63) is 216 Å². The summed E-state index contributed by atoms with van der Waals surface area (Å²) in [6.45, 7) is 4.80. The molecule has 0 saturated carbocycles. The van der Waals surface area contributed by atoms with E-state index in [0.29, 0.717) is 23.3 Å². The van der Waals surface area contributed by atoms with Crippen LogP contribution in [0.1, 0.15) is 30.9 Å². The monoisotopic (exact) mass is 822 g/mol. The molecule has 10 aromatic rings. The highest BCUT2D eigenvalue weighted by Crippen LogP contribution is 2.52. The summed E-state index contributed by atoms with van der Waals surface area (Å²) in [5.74, 6) is 3.13. The molecule has 2 unspecified atom stereocenters. The predicted octanol–water partition coefficient (Wildman–Crippen LogP) is 11.9. The summed E-state index contributed by atoms with van der Waals surface area (Å²) < 4.78 is 2.44. The fourth-order valence-corrected chi connectivity index (χ4v) is 9.95. The van der Waals surface area contributed by atoms with Crippen LogP contribution in [0.3, 0.4) is 0 Å². The third kappa shape index (κ3) is 6.37. The lowest BCUT2D eigenvalue weighted by Crippen LogP contribution is -2.37. The highest BCUT2D eigenvalue weighted by atomic mass is 15.0. The van der Waals surface area contributed by atoms with E-state index in [9.17, 15) is 0 Å². The van der Waals surface area contributed by atoms with Gasteiger partial charge in [0.1, 0.15) is 0 Å². The van der Waals surface area contributed by atoms with Gasteiger partial charge in [-0.3, -0.25) is 0 Å². The molecule has 0 saturated heterocycles. The fraction of sp³-hybridized carbons (Fsp3) is 0.0862. The zero-order valence-corrected chi connectivity index (χ0v) is 35.5. The summed E-state index contributed by atoms with van der Waals surface area (Å²) in [4.78, 5) is 25.5. The molecule has 0 spiro atoms. The molecule has 3 aromatic heterocycles. The highest BCUT2D eigenvalue weighted by molar-refractivity contribution is 5.89. The second-order valence-corrected chi connectivity index (χ2v) is 17.3. The van der Waals surface area contributed by atoms with E-state index in [1.165, 1.54) is 21.7 Å². The van der Waals surface area contributed by atoms with Gasteiger partial charge < -0.3 is 4.57 Å². The van der Waals surface area contributed by atoms with Crippen LogP contribution in [0.15, 0.2) is 194 Å². The van der Waals surface area contributed by atoms with E-state index in [0.717, 1.165) is 61.4 Å². The Hall–Kier alpha value is -8.09. The van der Waals surface area contributed by atoms with Gasteiger partial charge in [-0.2, -0.15) is 0 Å². The third-order valence-electron chi connectivity index (χ3n) is 13.1. The lowest BCUT2D eigenvalue weighted by atomic mass is 9.74. The predicted molar refractivity (Wildman–Crippen MR) is 259 cm³/mol. The van der Waals surface area contributed by atoms with Crippen molar-refractivity contribution in [1.82, 2.24) is 29.5 Å². The van der Waals surface area contributed by atoms with Gasteiger partial charge in [0.15, 0.2) is 23.3 Å². The molecule has 0 aliphatic heterocycles. The Morgan fingerprint density at radius 2 is 0.938 bits per heavy atom. The van der Waals surface area contributed by atoms with Crippen LogP contribution in [0, 0.1) is 5.92 Å². The van der Waals surface area contributed by atoms with Gasteiger partial charge in [-0.15, -0.1) is 0 Å². The number of hydrogen-bond acceptors (Lipinski definition) is 5. The first-order chi connectivity index (χ1) is 31.5. The van der Waals surface area contributed by atoms with E-state index in [2.05, 4.69) is 164 Å². The van der Waals surface area contributed by atoms with Crippen LogP contribution >= 0.6 is 0 Å². The number of benzene rings is 7. The zero-order chi connectivity index (χ0) is 42.8. The van der Waals surface area contributed by atoms with Crippen LogP contribution in [0.4, 0.5) is 0 Å². The van der Waals surface area contributed by atoms with Crippen molar-refractivity contribution in [2.24, 2.45) is 5.92 Å². The second-order valence-electron chi connectivity index (χ2n) is 17.3. The molecule has 2 aliphatic carbocycles. The first-order valence-corrected chi connectivity index (χ1v) is 21.9. The van der Waals surface area contributed by atoms with Gasteiger partial charge in [-0.25, -0.2) is 24.9 Å². The Bertz CT molecular complexity index is 3410. The van der Waals surface area contributed by atoms with E-state index < -0.39 is 0 Å². The zero-order valence-electron chi connectivity index (χ0n) is 35.5. The van der Waals surface area contributed by atoms with Crippen molar-refractivity contribution in [3.63, 3.8) is 0 Å². The normalized spacial score (nSPS) is 15.7. The number of fused-ring (bicyclic) bond motifs is 6. The maximum Gasteiger partial charge on any atom is 0.164 e. The van der Waals surface area contributed by atoms with Gasteiger partial charge in [-0.1, -0.05) is 184 Å². The Balaban J connectivity index is 1.07. The smallest absolute Gasteiger partial charge is 0.164 e. The Kier molecular flexibility index (Phi) is 8.87. The van der Waals surface area contributed by atoms with Gasteiger partial charge in [0.25, 0.3) is 0 Å². The van der Waals surface area contributed by atoms with Gasteiger partial charge in [0.2, 0.25) is 0 Å². The maximum atomic E-state index is 5.21. The molecule has 0 amide bonds. The number of rotatable bonds is 7. The van der Waals surface area contributed by atoms with E-state index >= 15 is 0 Å². The molecule has 0 fully saturated rings. The van der Waals surface area contributed by atoms with E-state index in [1.807, 2.05) is 60.7 Å². The lowest BCUT2D eigenvalue weighted by molar-refractivity contribution is 0.421. The molecule has 3 heterocycles. The molecule has 0 bridgehead atoms. The van der Waals surface area contributed by atoms with Crippen LogP contribution in [0.5, 0.6) is 0 Å². The summed E-state index contributed by atoms with van der Waals surface area (Å²) in [7, 11) is 0. The third-order valence-corrected chi connectivity index (χ3v) is 13.1. The Morgan fingerprint density at radius 1 is 0.422 bits per heavy atom. The summed E-state index contributed by atoms with van der Waals surface area (Å²) in [6, 6.07) is 67.5. The van der Waals surface area contributed by atoms with Gasteiger partial charge in [-0.05, 0) is 58.9 Å². The van der Waals surface area contributed by atoms with Gasteiger partial charge in [0.05, 0.1) is 22.3 Å². The lowest BCUT2D eigenvalue weighted by Gasteiger charge is -2.29. The molecule has 2 atom stereocenters. The number of nitrogens with zero attached hydrogens (tertiary/aromatic N) is 6. The summed E-state index contributed by atoms with van der Waals surface area (Å²) in [5, 5.41) is 3.56. The summed E-state index contributed by atoms with van der Waals surface area (Å²) in [6.07, 6.45) is 5.07. The van der Waals surface area contributed by atoms with E-state index in [4.69, 9.17) is 24.9 Å². The standard InChI is InChI=1S/C58H42N6/c1-58(2)48-29-16-15-28-44(48)45-34-47-46-33-42(57-62-55(39-22-11-5-12-23-39)61-56(63-57)40-24-13-6-14-25-40)30-31-52(46)64(53(47)35-49(45)58)43-27-17-26-41(32-43)51-36-50(37-18-7-3-8-19-37)59-54(60-51)38-20-9-4-10-21-38/h3-36,45,49H,1-2H3. The van der Waals surface area contributed by atoms with E-state index in [1.54, 1.807) is 0 Å².